The monoisotopic (exact) mass is 279 g/mol. The van der Waals surface area contributed by atoms with Gasteiger partial charge in [0.05, 0.1) is 31.2 Å². The van der Waals surface area contributed by atoms with Crippen molar-refractivity contribution in [3.8, 4) is 0 Å². The number of aryl methyl sites for hydroxylation is 1. The minimum absolute atomic E-state index is 0.414. The molecular formula is C13H14ClN3O2. The number of nitrogens with zero attached hydrogens (tertiary/aromatic N) is 2. The second-order valence-corrected chi connectivity index (χ2v) is 4.47. The molecule has 2 aromatic rings. The van der Waals surface area contributed by atoms with Crippen LogP contribution in [-0.4, -0.2) is 22.6 Å². The van der Waals surface area contributed by atoms with E-state index in [2.05, 4.69) is 10.3 Å². The van der Waals surface area contributed by atoms with E-state index in [1.54, 1.807) is 30.7 Å². The lowest BCUT2D eigenvalue weighted by molar-refractivity contribution is 0.0602. The zero-order chi connectivity index (χ0) is 13.8. The SMILES string of the molecule is COC(=O)c1cc(Cl)ccc1NCc1cncn1C. The summed E-state index contributed by atoms with van der Waals surface area (Å²) in [5.41, 5.74) is 2.10. The normalized spacial score (nSPS) is 10.3. The number of benzene rings is 1. The van der Waals surface area contributed by atoms with Crippen LogP contribution in [0.4, 0.5) is 5.69 Å². The standard InChI is InChI=1S/C13H14ClN3O2/c1-17-8-15-6-10(17)7-16-12-4-3-9(14)5-11(12)13(18)19-2/h3-6,8,16H,7H2,1-2H3. The number of methoxy groups -OCH3 is 1. The lowest BCUT2D eigenvalue weighted by Gasteiger charge is -2.11. The van der Waals surface area contributed by atoms with Gasteiger partial charge in [-0.05, 0) is 18.2 Å². The first-order chi connectivity index (χ1) is 9.11. The van der Waals surface area contributed by atoms with E-state index in [1.165, 1.54) is 7.11 Å². The number of halogens is 1. The molecular weight excluding hydrogens is 266 g/mol. The third kappa shape index (κ3) is 3.06. The van der Waals surface area contributed by atoms with Gasteiger partial charge in [0.1, 0.15) is 0 Å². The molecule has 0 aliphatic heterocycles. The lowest BCUT2D eigenvalue weighted by Crippen LogP contribution is -2.09. The van der Waals surface area contributed by atoms with E-state index in [0.29, 0.717) is 22.8 Å². The summed E-state index contributed by atoms with van der Waals surface area (Å²) in [6.45, 7) is 0.558. The molecule has 5 nitrogen and oxygen atoms in total. The van der Waals surface area contributed by atoms with Crippen LogP contribution in [0.25, 0.3) is 0 Å². The molecule has 0 unspecified atom stereocenters. The van der Waals surface area contributed by atoms with Gasteiger partial charge >= 0.3 is 5.97 Å². The first-order valence-corrected chi connectivity index (χ1v) is 6.06. The van der Waals surface area contributed by atoms with Crippen molar-refractivity contribution >= 4 is 23.3 Å². The fraction of sp³-hybridized carbons (Fsp3) is 0.231. The van der Waals surface area contributed by atoms with E-state index >= 15 is 0 Å². The molecule has 0 amide bonds. The largest absolute Gasteiger partial charge is 0.465 e. The van der Waals surface area contributed by atoms with Crippen molar-refractivity contribution < 1.29 is 9.53 Å². The highest BCUT2D eigenvalue weighted by molar-refractivity contribution is 6.31. The van der Waals surface area contributed by atoms with Gasteiger partial charge < -0.3 is 14.6 Å². The number of aromatic nitrogens is 2. The zero-order valence-electron chi connectivity index (χ0n) is 10.7. The van der Waals surface area contributed by atoms with Crippen LogP contribution < -0.4 is 5.32 Å². The van der Waals surface area contributed by atoms with Gasteiger partial charge in [-0.15, -0.1) is 0 Å². The smallest absolute Gasteiger partial charge is 0.340 e. The van der Waals surface area contributed by atoms with Gasteiger partial charge in [0.25, 0.3) is 0 Å². The molecule has 1 heterocycles. The predicted molar refractivity (Wildman–Crippen MR) is 73.3 cm³/mol. The number of anilines is 1. The maximum absolute atomic E-state index is 11.7. The summed E-state index contributed by atoms with van der Waals surface area (Å²) in [7, 11) is 3.25. The molecule has 1 N–H and O–H groups in total. The summed E-state index contributed by atoms with van der Waals surface area (Å²) >= 11 is 5.89. The van der Waals surface area contributed by atoms with E-state index in [4.69, 9.17) is 16.3 Å². The number of nitrogens with one attached hydrogen (secondary N) is 1. The van der Waals surface area contributed by atoms with Crippen LogP contribution in [0.5, 0.6) is 0 Å². The van der Waals surface area contributed by atoms with E-state index in [1.807, 2.05) is 11.6 Å². The topological polar surface area (TPSA) is 56.1 Å². The number of imidazole rings is 1. The second-order valence-electron chi connectivity index (χ2n) is 4.03. The molecule has 1 aromatic carbocycles. The third-order valence-corrected chi connectivity index (χ3v) is 3.00. The first-order valence-electron chi connectivity index (χ1n) is 5.68. The van der Waals surface area contributed by atoms with Crippen molar-refractivity contribution in [2.24, 2.45) is 7.05 Å². The lowest BCUT2D eigenvalue weighted by atomic mass is 10.1. The summed E-state index contributed by atoms with van der Waals surface area (Å²) < 4.78 is 6.64. The van der Waals surface area contributed by atoms with Gasteiger partial charge in [-0.1, -0.05) is 11.6 Å². The van der Waals surface area contributed by atoms with Crippen LogP contribution in [0.1, 0.15) is 16.1 Å². The molecule has 1 aromatic heterocycles. The first kappa shape index (κ1) is 13.4. The summed E-state index contributed by atoms with van der Waals surface area (Å²) in [5.74, 6) is -0.421. The molecule has 0 radical (unpaired) electrons. The van der Waals surface area contributed by atoms with Gasteiger partial charge in [-0.25, -0.2) is 9.78 Å². The van der Waals surface area contributed by atoms with Crippen molar-refractivity contribution in [2.45, 2.75) is 6.54 Å². The molecule has 0 aliphatic carbocycles. The minimum atomic E-state index is -0.421. The van der Waals surface area contributed by atoms with Crippen LogP contribution in [0.2, 0.25) is 5.02 Å². The van der Waals surface area contributed by atoms with E-state index in [9.17, 15) is 4.79 Å². The molecule has 0 atom stereocenters. The maximum atomic E-state index is 11.7. The maximum Gasteiger partial charge on any atom is 0.340 e. The summed E-state index contributed by atoms with van der Waals surface area (Å²) in [6.07, 6.45) is 3.49. The van der Waals surface area contributed by atoms with E-state index < -0.39 is 5.97 Å². The number of carbonyl (C=O) groups is 1. The average Bonchev–Trinajstić information content (AvgIpc) is 2.82. The highest BCUT2D eigenvalue weighted by Gasteiger charge is 2.12. The summed E-state index contributed by atoms with van der Waals surface area (Å²) in [4.78, 5) is 15.7. The van der Waals surface area contributed by atoms with Crippen molar-refractivity contribution in [2.75, 3.05) is 12.4 Å². The number of ether oxygens (including phenoxy) is 1. The Balaban J connectivity index is 2.20. The molecule has 2 rings (SSSR count). The predicted octanol–water partition coefficient (Wildman–Crippen LogP) is 2.47. The fourth-order valence-corrected chi connectivity index (χ4v) is 1.86. The Bertz CT molecular complexity index is 595. The van der Waals surface area contributed by atoms with E-state index in [-0.39, 0.29) is 0 Å². The molecule has 6 heteroatoms. The second kappa shape index (κ2) is 5.75. The Hall–Kier alpha value is -2.01. The van der Waals surface area contributed by atoms with Crippen LogP contribution >= 0.6 is 11.6 Å². The molecule has 0 saturated heterocycles. The number of hydrogen-bond donors (Lipinski definition) is 1. The van der Waals surface area contributed by atoms with Crippen LogP contribution in [-0.2, 0) is 18.3 Å². The molecule has 0 fully saturated rings. The van der Waals surface area contributed by atoms with E-state index in [0.717, 1.165) is 5.69 Å². The number of esters is 1. The third-order valence-electron chi connectivity index (χ3n) is 2.76. The number of carbonyl (C=O) groups excluding carboxylic acids is 1. The van der Waals surface area contributed by atoms with Crippen molar-refractivity contribution in [1.82, 2.24) is 9.55 Å². The molecule has 0 aliphatic rings. The fourth-order valence-electron chi connectivity index (χ4n) is 1.69. The van der Waals surface area contributed by atoms with Gasteiger partial charge in [-0.2, -0.15) is 0 Å². The highest BCUT2D eigenvalue weighted by atomic mass is 35.5. The van der Waals surface area contributed by atoms with Gasteiger partial charge in [0, 0.05) is 24.0 Å². The Morgan fingerprint density at radius 1 is 1.53 bits per heavy atom. The molecule has 100 valence electrons. The van der Waals surface area contributed by atoms with Gasteiger partial charge in [0.15, 0.2) is 0 Å². The van der Waals surface area contributed by atoms with Gasteiger partial charge in [0.2, 0.25) is 0 Å². The average molecular weight is 280 g/mol. The molecule has 0 saturated carbocycles. The van der Waals surface area contributed by atoms with Crippen LogP contribution in [0, 0.1) is 0 Å². The Morgan fingerprint density at radius 2 is 2.32 bits per heavy atom. The van der Waals surface area contributed by atoms with Crippen molar-refractivity contribution in [3.05, 3.63) is 47.0 Å². The van der Waals surface area contributed by atoms with Crippen molar-refractivity contribution in [3.63, 3.8) is 0 Å². The van der Waals surface area contributed by atoms with Crippen molar-refractivity contribution in [1.29, 1.82) is 0 Å². The quantitative estimate of drug-likeness (QED) is 0.874. The van der Waals surface area contributed by atoms with Crippen LogP contribution in [0.3, 0.4) is 0 Å². The summed E-state index contributed by atoms with van der Waals surface area (Å²) in [5, 5.41) is 3.67. The number of hydrogen-bond acceptors (Lipinski definition) is 4. The summed E-state index contributed by atoms with van der Waals surface area (Å²) in [6, 6.07) is 5.06. The van der Waals surface area contributed by atoms with Gasteiger partial charge in [-0.3, -0.25) is 0 Å². The van der Waals surface area contributed by atoms with Crippen LogP contribution in [0.15, 0.2) is 30.7 Å². The Morgan fingerprint density at radius 3 is 2.95 bits per heavy atom. The highest BCUT2D eigenvalue weighted by Crippen LogP contribution is 2.22. The minimum Gasteiger partial charge on any atom is -0.465 e. The molecule has 19 heavy (non-hydrogen) atoms. The Labute approximate surface area is 116 Å². The molecule has 0 bridgehead atoms. The molecule has 0 spiro atoms. The Kier molecular flexibility index (Phi) is 4.06. The zero-order valence-corrected chi connectivity index (χ0v) is 11.4. The number of rotatable bonds is 4.